The van der Waals surface area contributed by atoms with Crippen LogP contribution in [0.15, 0.2) is 35.7 Å². The summed E-state index contributed by atoms with van der Waals surface area (Å²) in [7, 11) is 1.46. The van der Waals surface area contributed by atoms with Crippen molar-refractivity contribution < 1.29 is 19.1 Å². The first kappa shape index (κ1) is 15.3. The topological polar surface area (TPSA) is 66.7 Å². The van der Waals surface area contributed by atoms with Gasteiger partial charge in [0, 0.05) is 30.8 Å². The molecule has 2 aliphatic rings. The number of ether oxygens (including phenoxy) is 1. The van der Waals surface area contributed by atoms with Gasteiger partial charge in [0.1, 0.15) is 11.4 Å². The van der Waals surface area contributed by atoms with Gasteiger partial charge < -0.3 is 9.64 Å². The van der Waals surface area contributed by atoms with Crippen molar-refractivity contribution >= 4 is 17.7 Å². The number of Topliss-reactive ketones (excluding diaryl/α,β-unsaturated/α-hetero) is 2. The van der Waals surface area contributed by atoms with Crippen molar-refractivity contribution in [3.05, 3.63) is 46.8 Å². The second kappa shape index (κ2) is 5.53. The van der Waals surface area contributed by atoms with Gasteiger partial charge in [-0.05, 0) is 13.8 Å². The summed E-state index contributed by atoms with van der Waals surface area (Å²) < 4.78 is 4.97. The quantitative estimate of drug-likeness (QED) is 0.799. The van der Waals surface area contributed by atoms with E-state index in [9.17, 15) is 14.4 Å². The summed E-state index contributed by atoms with van der Waals surface area (Å²) in [5.41, 5.74) is 1.09. The van der Waals surface area contributed by atoms with Crippen LogP contribution in [0.5, 0.6) is 0 Å². The second-order valence-electron chi connectivity index (χ2n) is 5.66. The van der Waals surface area contributed by atoms with E-state index < -0.39 is 6.09 Å². The van der Waals surface area contributed by atoms with E-state index in [2.05, 4.69) is 0 Å². The average Bonchev–Trinajstić information content (AvgIpc) is 3.26. The van der Waals surface area contributed by atoms with E-state index in [1.807, 2.05) is 11.8 Å². The second-order valence-corrected chi connectivity index (χ2v) is 5.66. The van der Waals surface area contributed by atoms with Gasteiger partial charge in [0.2, 0.25) is 11.6 Å². The van der Waals surface area contributed by atoms with Gasteiger partial charge in [0.25, 0.3) is 0 Å². The Kier molecular flexibility index (Phi) is 3.67. The predicted octanol–water partition coefficient (Wildman–Crippen LogP) is 2.07. The number of amides is 1. The van der Waals surface area contributed by atoms with Gasteiger partial charge in [0.05, 0.1) is 6.61 Å². The average molecular weight is 314 g/mol. The fraction of sp³-hybridized carbons (Fsp3) is 0.353. The first-order valence-corrected chi connectivity index (χ1v) is 7.57. The Bertz CT molecular complexity index is 738. The minimum Gasteiger partial charge on any atom is -0.449 e. The number of carbonyl (C=O) groups is 3. The minimum absolute atomic E-state index is 0.0940. The fourth-order valence-electron chi connectivity index (χ4n) is 2.79. The third-order valence-corrected chi connectivity index (χ3v) is 4.09. The number of rotatable bonds is 3. The van der Waals surface area contributed by atoms with Crippen molar-refractivity contribution in [3.8, 4) is 0 Å². The van der Waals surface area contributed by atoms with E-state index in [-0.39, 0.29) is 35.6 Å². The van der Waals surface area contributed by atoms with E-state index in [1.165, 1.54) is 7.05 Å². The number of ketones is 2. The molecular weight excluding hydrogens is 296 g/mol. The van der Waals surface area contributed by atoms with E-state index >= 15 is 0 Å². The summed E-state index contributed by atoms with van der Waals surface area (Å²) in [6.07, 6.45) is -0.643. The molecule has 0 bridgehead atoms. The first-order valence-electron chi connectivity index (χ1n) is 7.57. The molecule has 1 unspecified atom stereocenters. The predicted molar refractivity (Wildman–Crippen MR) is 83.1 cm³/mol. The Balaban J connectivity index is 2.13. The van der Waals surface area contributed by atoms with Crippen molar-refractivity contribution in [1.29, 1.82) is 0 Å². The third-order valence-electron chi connectivity index (χ3n) is 4.09. The maximum atomic E-state index is 12.9. The van der Waals surface area contributed by atoms with Crippen LogP contribution in [-0.4, -0.2) is 53.7 Å². The van der Waals surface area contributed by atoms with E-state index in [0.717, 1.165) is 4.90 Å². The fourth-order valence-corrected chi connectivity index (χ4v) is 2.79. The Morgan fingerprint density at radius 3 is 2.35 bits per heavy atom. The van der Waals surface area contributed by atoms with E-state index in [1.54, 1.807) is 31.2 Å². The van der Waals surface area contributed by atoms with Crippen molar-refractivity contribution in [2.75, 3.05) is 20.2 Å². The molecule has 1 aliphatic carbocycles. The van der Waals surface area contributed by atoms with Crippen LogP contribution in [0.4, 0.5) is 4.79 Å². The number of hydrogen-bond donors (Lipinski definition) is 0. The molecule has 0 aromatic heterocycles. The summed E-state index contributed by atoms with van der Waals surface area (Å²) in [4.78, 5) is 40.8. The molecule has 1 aromatic carbocycles. The summed E-state index contributed by atoms with van der Waals surface area (Å²) in [5.74, 6) is -0.555. The Morgan fingerprint density at radius 2 is 1.83 bits per heavy atom. The van der Waals surface area contributed by atoms with Gasteiger partial charge in [-0.15, -0.1) is 0 Å². The molecule has 0 saturated carbocycles. The standard InChI is InChI=1S/C17H18N2O4/c1-4-23-17(22)18(3)13-14(19-9-10(19)2)16(21)12-8-6-5-7-11(12)15(13)20/h5-8,10H,4,9H2,1-3H3. The molecule has 0 N–H and O–H groups in total. The van der Waals surface area contributed by atoms with Crippen molar-refractivity contribution in [1.82, 2.24) is 9.80 Å². The molecule has 1 fully saturated rings. The number of likely N-dealkylation sites (N-methyl/N-ethyl adjacent to an activating group) is 1. The smallest absolute Gasteiger partial charge is 0.414 e. The van der Waals surface area contributed by atoms with Crippen LogP contribution in [-0.2, 0) is 4.74 Å². The highest BCUT2D eigenvalue weighted by Gasteiger charge is 2.44. The number of carbonyl (C=O) groups excluding carboxylic acids is 3. The number of hydrogen-bond acceptors (Lipinski definition) is 5. The molecule has 0 radical (unpaired) electrons. The van der Waals surface area contributed by atoms with Gasteiger partial charge in [-0.2, -0.15) is 0 Å². The maximum absolute atomic E-state index is 12.9. The molecule has 6 heteroatoms. The van der Waals surface area contributed by atoms with Gasteiger partial charge in [0.15, 0.2) is 0 Å². The third kappa shape index (κ3) is 2.40. The summed E-state index contributed by atoms with van der Waals surface area (Å²) in [6, 6.07) is 6.87. The molecule has 3 rings (SSSR count). The zero-order chi connectivity index (χ0) is 16.7. The lowest BCUT2D eigenvalue weighted by Gasteiger charge is -2.27. The molecule has 1 heterocycles. The molecule has 1 amide bonds. The summed E-state index contributed by atoms with van der Waals surface area (Å²) >= 11 is 0. The van der Waals surface area contributed by atoms with Crippen LogP contribution in [0.25, 0.3) is 0 Å². The van der Waals surface area contributed by atoms with E-state index in [4.69, 9.17) is 4.74 Å². The van der Waals surface area contributed by atoms with Crippen LogP contribution in [0.2, 0.25) is 0 Å². The van der Waals surface area contributed by atoms with Crippen LogP contribution in [0.1, 0.15) is 34.6 Å². The molecule has 1 aromatic rings. The minimum atomic E-state index is -0.643. The van der Waals surface area contributed by atoms with Crippen LogP contribution < -0.4 is 0 Å². The summed E-state index contributed by atoms with van der Waals surface area (Å²) in [6.45, 7) is 4.55. The molecule has 0 spiro atoms. The van der Waals surface area contributed by atoms with Gasteiger partial charge in [-0.1, -0.05) is 24.3 Å². The van der Waals surface area contributed by atoms with Crippen LogP contribution in [0.3, 0.4) is 0 Å². The first-order chi connectivity index (χ1) is 11.0. The molecule has 1 aliphatic heterocycles. The monoisotopic (exact) mass is 314 g/mol. The number of fused-ring (bicyclic) bond motifs is 1. The van der Waals surface area contributed by atoms with Crippen molar-refractivity contribution in [3.63, 3.8) is 0 Å². The largest absolute Gasteiger partial charge is 0.449 e. The Labute approximate surface area is 134 Å². The maximum Gasteiger partial charge on any atom is 0.414 e. The Morgan fingerprint density at radius 1 is 1.26 bits per heavy atom. The van der Waals surface area contributed by atoms with Gasteiger partial charge in [-0.25, -0.2) is 4.79 Å². The lowest BCUT2D eigenvalue weighted by Crippen LogP contribution is -2.38. The van der Waals surface area contributed by atoms with Crippen molar-refractivity contribution in [2.24, 2.45) is 0 Å². The molecule has 6 nitrogen and oxygen atoms in total. The molecule has 1 saturated heterocycles. The molecular formula is C17H18N2O4. The normalized spacial score (nSPS) is 19.6. The lowest BCUT2D eigenvalue weighted by molar-refractivity contribution is 0.0902. The van der Waals surface area contributed by atoms with E-state index in [0.29, 0.717) is 17.7 Å². The SMILES string of the molecule is CCOC(=O)N(C)C1=C(N2CC2C)C(=O)c2ccccc2C1=O. The highest BCUT2D eigenvalue weighted by Crippen LogP contribution is 2.35. The van der Waals surface area contributed by atoms with Gasteiger partial charge in [-0.3, -0.25) is 14.5 Å². The Hall–Kier alpha value is -2.63. The number of benzene rings is 1. The summed E-state index contributed by atoms with van der Waals surface area (Å²) in [5, 5.41) is 0. The lowest BCUT2D eigenvalue weighted by atomic mass is 9.89. The van der Waals surface area contributed by atoms with Crippen LogP contribution in [0, 0.1) is 0 Å². The van der Waals surface area contributed by atoms with Gasteiger partial charge >= 0.3 is 6.09 Å². The van der Waals surface area contributed by atoms with Crippen molar-refractivity contribution in [2.45, 2.75) is 19.9 Å². The number of nitrogens with zero attached hydrogens (tertiary/aromatic N) is 2. The number of allylic oxidation sites excluding steroid dienone is 2. The molecule has 120 valence electrons. The van der Waals surface area contributed by atoms with Crippen LogP contribution >= 0.6 is 0 Å². The molecule has 1 atom stereocenters. The highest BCUT2D eigenvalue weighted by atomic mass is 16.6. The molecule has 23 heavy (non-hydrogen) atoms. The highest BCUT2D eigenvalue weighted by molar-refractivity contribution is 6.27. The zero-order valence-corrected chi connectivity index (χ0v) is 13.3. The zero-order valence-electron chi connectivity index (χ0n) is 13.3.